The molecule has 0 atom stereocenters. The number of hydrogen-bond donors (Lipinski definition) is 0. The largest absolute Gasteiger partial charge is 0.467 e. The predicted octanol–water partition coefficient (Wildman–Crippen LogP) is 3.17. The highest BCUT2D eigenvalue weighted by molar-refractivity contribution is 9.10. The molecule has 0 aromatic heterocycles. The van der Waals surface area contributed by atoms with Gasteiger partial charge >= 0.3 is 0 Å². The summed E-state index contributed by atoms with van der Waals surface area (Å²) in [5, 5.41) is 0. The van der Waals surface area contributed by atoms with Gasteiger partial charge in [-0.3, -0.25) is 0 Å². The van der Waals surface area contributed by atoms with Crippen molar-refractivity contribution in [3.63, 3.8) is 0 Å². The van der Waals surface area contributed by atoms with Crippen molar-refractivity contribution in [1.29, 1.82) is 0 Å². The number of alkyl halides is 1. The summed E-state index contributed by atoms with van der Waals surface area (Å²) in [7, 11) is 1.58. The molecule has 0 amide bonds. The maximum atomic E-state index is 5.74. The first kappa shape index (κ1) is 10.8. The Labute approximate surface area is 90.9 Å². The van der Waals surface area contributed by atoms with E-state index in [2.05, 4.69) is 15.9 Å². The Bertz CT molecular complexity index is 278. The fourth-order valence-electron chi connectivity index (χ4n) is 0.916. The van der Waals surface area contributed by atoms with Crippen LogP contribution in [0, 0.1) is 0 Å². The lowest BCUT2D eigenvalue weighted by molar-refractivity contribution is 0.0506. The minimum absolute atomic E-state index is 0.242. The van der Waals surface area contributed by atoms with Gasteiger partial charge in [-0.1, -0.05) is 15.9 Å². The highest BCUT2D eigenvalue weighted by Gasteiger charge is 2.02. The lowest BCUT2D eigenvalue weighted by Gasteiger charge is -2.08. The van der Waals surface area contributed by atoms with E-state index in [9.17, 15) is 0 Å². The van der Waals surface area contributed by atoms with Crippen molar-refractivity contribution in [3.8, 4) is 5.75 Å². The molecule has 0 saturated carbocycles. The third-order valence-electron chi connectivity index (χ3n) is 1.50. The quantitative estimate of drug-likeness (QED) is 0.615. The van der Waals surface area contributed by atoms with Crippen LogP contribution < -0.4 is 4.74 Å². The van der Waals surface area contributed by atoms with Gasteiger partial charge < -0.3 is 9.47 Å². The summed E-state index contributed by atoms with van der Waals surface area (Å²) >= 11 is 9.10. The van der Waals surface area contributed by atoms with Gasteiger partial charge in [0, 0.05) is 17.1 Å². The molecule has 0 radical (unpaired) electrons. The molecule has 0 aliphatic carbocycles. The van der Waals surface area contributed by atoms with Gasteiger partial charge in [-0.2, -0.15) is 0 Å². The Morgan fingerprint density at radius 2 is 2.23 bits per heavy atom. The highest BCUT2D eigenvalue weighted by Crippen LogP contribution is 2.24. The Balaban J connectivity index is 2.79. The topological polar surface area (TPSA) is 18.5 Å². The van der Waals surface area contributed by atoms with Gasteiger partial charge in [0.1, 0.15) is 5.75 Å². The summed E-state index contributed by atoms with van der Waals surface area (Å²) in [5.74, 6) is 1.19. The van der Waals surface area contributed by atoms with Gasteiger partial charge in [0.25, 0.3) is 0 Å². The van der Waals surface area contributed by atoms with Crippen LogP contribution in [0.15, 0.2) is 22.7 Å². The molecule has 0 unspecified atom stereocenters. The predicted molar refractivity (Wildman–Crippen MR) is 56.2 cm³/mol. The normalized spacial score (nSPS) is 10.1. The van der Waals surface area contributed by atoms with Gasteiger partial charge in [0.05, 0.1) is 5.88 Å². The second-order valence-electron chi connectivity index (χ2n) is 2.44. The second kappa shape index (κ2) is 5.47. The minimum atomic E-state index is 0.242. The molecular weight excluding hydrogens is 255 g/mol. The van der Waals surface area contributed by atoms with Crippen molar-refractivity contribution in [2.45, 2.75) is 5.88 Å². The number of rotatable bonds is 4. The molecule has 0 N–H and O–H groups in total. The Morgan fingerprint density at radius 1 is 1.46 bits per heavy atom. The van der Waals surface area contributed by atoms with Crippen LogP contribution in [0.1, 0.15) is 5.56 Å². The maximum absolute atomic E-state index is 5.74. The average molecular weight is 266 g/mol. The summed E-state index contributed by atoms with van der Waals surface area (Å²) in [6.45, 7) is 0.242. The van der Waals surface area contributed by atoms with Crippen LogP contribution in [0.3, 0.4) is 0 Å². The SMILES string of the molecule is COCOc1ccc(Br)cc1CCl. The van der Waals surface area contributed by atoms with Crippen molar-refractivity contribution >= 4 is 27.5 Å². The molecule has 2 nitrogen and oxygen atoms in total. The molecule has 0 aliphatic heterocycles. The molecule has 72 valence electrons. The lowest BCUT2D eigenvalue weighted by Crippen LogP contribution is -2.00. The van der Waals surface area contributed by atoms with E-state index in [1.165, 1.54) is 0 Å². The molecule has 4 heteroatoms. The standard InChI is InChI=1S/C9H10BrClO2/c1-12-6-13-9-3-2-8(10)4-7(9)5-11/h2-4H,5-6H2,1H3. The fourth-order valence-corrected chi connectivity index (χ4v) is 1.53. The first-order chi connectivity index (χ1) is 6.27. The third-order valence-corrected chi connectivity index (χ3v) is 2.28. The lowest BCUT2D eigenvalue weighted by atomic mass is 10.2. The second-order valence-corrected chi connectivity index (χ2v) is 3.62. The average Bonchev–Trinajstić information content (AvgIpc) is 2.16. The minimum Gasteiger partial charge on any atom is -0.467 e. The summed E-state index contributed by atoms with van der Waals surface area (Å²) < 4.78 is 11.1. The van der Waals surface area contributed by atoms with Crippen molar-refractivity contribution < 1.29 is 9.47 Å². The first-order valence-electron chi connectivity index (χ1n) is 3.74. The molecular formula is C9H10BrClO2. The van der Waals surface area contributed by atoms with Crippen LogP contribution in [-0.2, 0) is 10.6 Å². The van der Waals surface area contributed by atoms with Crippen LogP contribution in [-0.4, -0.2) is 13.9 Å². The monoisotopic (exact) mass is 264 g/mol. The van der Waals surface area contributed by atoms with E-state index < -0.39 is 0 Å². The zero-order valence-electron chi connectivity index (χ0n) is 7.22. The molecule has 1 aromatic carbocycles. The summed E-state index contributed by atoms with van der Waals surface area (Å²) in [5.41, 5.74) is 0.952. The summed E-state index contributed by atoms with van der Waals surface area (Å²) in [4.78, 5) is 0. The molecule has 0 fully saturated rings. The van der Waals surface area contributed by atoms with E-state index >= 15 is 0 Å². The number of methoxy groups -OCH3 is 1. The summed E-state index contributed by atoms with van der Waals surface area (Å²) in [6.07, 6.45) is 0. The van der Waals surface area contributed by atoms with E-state index in [0.29, 0.717) is 5.88 Å². The van der Waals surface area contributed by atoms with E-state index in [1.54, 1.807) is 7.11 Å². The van der Waals surface area contributed by atoms with E-state index in [4.69, 9.17) is 21.1 Å². The first-order valence-corrected chi connectivity index (χ1v) is 5.07. The molecule has 0 heterocycles. The number of hydrogen-bond acceptors (Lipinski definition) is 2. The van der Waals surface area contributed by atoms with Crippen LogP contribution in [0.2, 0.25) is 0 Å². The maximum Gasteiger partial charge on any atom is 0.188 e. The van der Waals surface area contributed by atoms with Gasteiger partial charge in [-0.15, -0.1) is 11.6 Å². The van der Waals surface area contributed by atoms with Crippen LogP contribution in [0.4, 0.5) is 0 Å². The molecule has 0 spiro atoms. The number of benzene rings is 1. The zero-order chi connectivity index (χ0) is 9.68. The molecule has 0 bridgehead atoms. The smallest absolute Gasteiger partial charge is 0.188 e. The van der Waals surface area contributed by atoms with Crippen molar-refractivity contribution in [1.82, 2.24) is 0 Å². The number of halogens is 2. The van der Waals surface area contributed by atoms with Gasteiger partial charge in [0.2, 0.25) is 0 Å². The zero-order valence-corrected chi connectivity index (χ0v) is 9.56. The van der Waals surface area contributed by atoms with Crippen LogP contribution in [0.5, 0.6) is 5.75 Å². The molecule has 0 aliphatic rings. The highest BCUT2D eigenvalue weighted by atomic mass is 79.9. The van der Waals surface area contributed by atoms with Gasteiger partial charge in [-0.05, 0) is 18.2 Å². The Morgan fingerprint density at radius 3 is 2.85 bits per heavy atom. The molecule has 13 heavy (non-hydrogen) atoms. The van der Waals surface area contributed by atoms with Crippen molar-refractivity contribution in [2.24, 2.45) is 0 Å². The summed E-state index contributed by atoms with van der Waals surface area (Å²) in [6, 6.07) is 5.69. The number of ether oxygens (including phenoxy) is 2. The van der Waals surface area contributed by atoms with E-state index in [-0.39, 0.29) is 6.79 Å². The van der Waals surface area contributed by atoms with Gasteiger partial charge in [-0.25, -0.2) is 0 Å². The fraction of sp³-hybridized carbons (Fsp3) is 0.333. The molecule has 1 aromatic rings. The third kappa shape index (κ3) is 3.18. The Kier molecular flexibility index (Phi) is 4.56. The van der Waals surface area contributed by atoms with E-state index in [0.717, 1.165) is 15.8 Å². The molecule has 1 rings (SSSR count). The van der Waals surface area contributed by atoms with Crippen LogP contribution >= 0.6 is 27.5 Å². The Hall–Kier alpha value is -0.250. The van der Waals surface area contributed by atoms with E-state index in [1.807, 2.05) is 18.2 Å². The van der Waals surface area contributed by atoms with Crippen molar-refractivity contribution in [3.05, 3.63) is 28.2 Å². The van der Waals surface area contributed by atoms with Crippen LogP contribution in [0.25, 0.3) is 0 Å². The van der Waals surface area contributed by atoms with Gasteiger partial charge in [0.15, 0.2) is 6.79 Å². The molecule has 0 saturated heterocycles. The van der Waals surface area contributed by atoms with Crippen molar-refractivity contribution in [2.75, 3.05) is 13.9 Å².